The first-order valence-corrected chi connectivity index (χ1v) is 4.71. The van der Waals surface area contributed by atoms with Crippen molar-refractivity contribution in [3.63, 3.8) is 0 Å². The van der Waals surface area contributed by atoms with Crippen LogP contribution < -0.4 is 5.32 Å². The number of nitrogens with zero attached hydrogens (tertiary/aromatic N) is 1. The minimum absolute atomic E-state index is 0.142. The highest BCUT2D eigenvalue weighted by Crippen LogP contribution is 1.96. The van der Waals surface area contributed by atoms with Crippen LogP contribution in [0.2, 0.25) is 0 Å². The number of carbonyl (C=O) groups is 1. The number of thioether (sulfide) groups is 1. The van der Waals surface area contributed by atoms with Crippen LogP contribution in [0.3, 0.4) is 0 Å². The lowest BCUT2D eigenvalue weighted by Crippen LogP contribution is -2.31. The Morgan fingerprint density at radius 2 is 2.50 bits per heavy atom. The average Bonchev–Trinajstić information content (AvgIpc) is 2.01. The second-order valence-corrected chi connectivity index (χ2v) is 3.29. The molecule has 12 heavy (non-hydrogen) atoms. The van der Waals surface area contributed by atoms with E-state index < -0.39 is 6.10 Å². The Labute approximate surface area is 76.0 Å². The molecule has 0 aliphatic rings. The Balaban J connectivity index is 3.29. The van der Waals surface area contributed by atoms with Crippen molar-refractivity contribution in [2.24, 2.45) is 0 Å². The van der Waals surface area contributed by atoms with Crippen LogP contribution in [0, 0.1) is 11.3 Å². The van der Waals surface area contributed by atoms with Gasteiger partial charge in [0.05, 0.1) is 23.7 Å². The predicted molar refractivity (Wildman–Crippen MR) is 47.6 cm³/mol. The molecule has 0 unspecified atom stereocenters. The molecule has 0 spiro atoms. The van der Waals surface area contributed by atoms with Crippen molar-refractivity contribution < 1.29 is 9.90 Å². The summed E-state index contributed by atoms with van der Waals surface area (Å²) in [7, 11) is 0. The fourth-order valence-electron chi connectivity index (χ4n) is 0.502. The third-order valence-corrected chi connectivity index (χ3v) is 1.79. The van der Waals surface area contributed by atoms with Crippen LogP contribution in [-0.2, 0) is 4.79 Å². The maximum Gasteiger partial charge on any atom is 0.230 e. The SMILES string of the molecule is C[C@H](O)CNC(=O)CSCC#N. The summed E-state index contributed by atoms with van der Waals surface area (Å²) in [6.07, 6.45) is -0.519. The second-order valence-electron chi connectivity index (χ2n) is 2.30. The Morgan fingerprint density at radius 1 is 1.83 bits per heavy atom. The standard InChI is InChI=1S/C7H12N2O2S/c1-6(10)4-9-7(11)5-12-3-2-8/h6,10H,3-5H2,1H3,(H,9,11)/t6-/m0/s1. The minimum atomic E-state index is -0.519. The molecule has 0 rings (SSSR count). The molecule has 0 bridgehead atoms. The molecule has 0 aromatic heterocycles. The highest BCUT2D eigenvalue weighted by molar-refractivity contribution is 8.00. The van der Waals surface area contributed by atoms with Gasteiger partial charge in [0.2, 0.25) is 5.91 Å². The molecule has 0 radical (unpaired) electrons. The van der Waals surface area contributed by atoms with Crippen molar-refractivity contribution in [1.29, 1.82) is 5.26 Å². The number of hydrogen-bond acceptors (Lipinski definition) is 4. The zero-order chi connectivity index (χ0) is 9.40. The summed E-state index contributed by atoms with van der Waals surface area (Å²) in [5, 5.41) is 19.5. The molecule has 1 amide bonds. The van der Waals surface area contributed by atoms with Crippen LogP contribution in [0.25, 0.3) is 0 Å². The number of hydrogen-bond donors (Lipinski definition) is 2. The summed E-state index contributed by atoms with van der Waals surface area (Å²) in [5.41, 5.74) is 0. The number of nitrogens with one attached hydrogen (secondary N) is 1. The normalized spacial score (nSPS) is 11.8. The van der Waals surface area contributed by atoms with Gasteiger partial charge in [-0.15, -0.1) is 11.8 Å². The third kappa shape index (κ3) is 7.38. The number of amides is 1. The fraction of sp³-hybridized carbons (Fsp3) is 0.714. The molecule has 0 aliphatic heterocycles. The van der Waals surface area contributed by atoms with Gasteiger partial charge in [-0.3, -0.25) is 4.79 Å². The summed E-state index contributed by atoms with van der Waals surface area (Å²) < 4.78 is 0. The topological polar surface area (TPSA) is 73.1 Å². The first-order valence-electron chi connectivity index (χ1n) is 3.56. The van der Waals surface area contributed by atoms with Crippen LogP contribution in [-0.4, -0.2) is 35.2 Å². The Hall–Kier alpha value is -0.730. The average molecular weight is 188 g/mol. The maximum absolute atomic E-state index is 10.9. The summed E-state index contributed by atoms with van der Waals surface area (Å²) in [6, 6.07) is 1.92. The molecule has 0 heterocycles. The van der Waals surface area contributed by atoms with Gasteiger partial charge in [0.15, 0.2) is 0 Å². The van der Waals surface area contributed by atoms with Gasteiger partial charge in [0.25, 0.3) is 0 Å². The molecule has 68 valence electrons. The van der Waals surface area contributed by atoms with Crippen molar-refractivity contribution in [2.45, 2.75) is 13.0 Å². The Bertz CT molecular complexity index is 177. The molecule has 0 aliphatic carbocycles. The van der Waals surface area contributed by atoms with Crippen LogP contribution in [0.4, 0.5) is 0 Å². The van der Waals surface area contributed by atoms with Gasteiger partial charge in [-0.2, -0.15) is 5.26 Å². The lowest BCUT2D eigenvalue weighted by atomic mass is 10.4. The van der Waals surface area contributed by atoms with Crippen LogP contribution in [0.15, 0.2) is 0 Å². The number of nitriles is 1. The zero-order valence-electron chi connectivity index (χ0n) is 6.91. The molecule has 0 saturated carbocycles. The maximum atomic E-state index is 10.9. The molecule has 0 saturated heterocycles. The van der Waals surface area contributed by atoms with Gasteiger partial charge in [-0.05, 0) is 6.92 Å². The van der Waals surface area contributed by atoms with E-state index in [1.54, 1.807) is 6.92 Å². The van der Waals surface area contributed by atoms with E-state index in [4.69, 9.17) is 10.4 Å². The largest absolute Gasteiger partial charge is 0.392 e. The minimum Gasteiger partial charge on any atom is -0.392 e. The van der Waals surface area contributed by atoms with Crippen LogP contribution >= 0.6 is 11.8 Å². The summed E-state index contributed by atoms with van der Waals surface area (Å²) in [5.74, 6) is 0.457. The van der Waals surface area contributed by atoms with E-state index in [0.717, 1.165) is 0 Å². The van der Waals surface area contributed by atoms with E-state index in [1.165, 1.54) is 11.8 Å². The van der Waals surface area contributed by atoms with Crippen LogP contribution in [0.5, 0.6) is 0 Å². The number of aliphatic hydroxyl groups excluding tert-OH is 1. The lowest BCUT2D eigenvalue weighted by Gasteiger charge is -2.05. The van der Waals surface area contributed by atoms with E-state index in [0.29, 0.717) is 5.75 Å². The molecule has 0 aromatic carbocycles. The monoisotopic (exact) mass is 188 g/mol. The molecular formula is C7H12N2O2S. The van der Waals surface area contributed by atoms with Gasteiger partial charge >= 0.3 is 0 Å². The van der Waals surface area contributed by atoms with Crippen molar-refractivity contribution in [1.82, 2.24) is 5.32 Å². The highest BCUT2D eigenvalue weighted by atomic mass is 32.2. The van der Waals surface area contributed by atoms with Gasteiger partial charge in [0.1, 0.15) is 0 Å². The van der Waals surface area contributed by atoms with E-state index in [9.17, 15) is 4.79 Å². The highest BCUT2D eigenvalue weighted by Gasteiger charge is 2.01. The summed E-state index contributed by atoms with van der Waals surface area (Å²) in [4.78, 5) is 10.9. The quantitative estimate of drug-likeness (QED) is 0.583. The van der Waals surface area contributed by atoms with E-state index in [-0.39, 0.29) is 18.2 Å². The smallest absolute Gasteiger partial charge is 0.230 e. The van der Waals surface area contributed by atoms with E-state index in [1.807, 2.05) is 6.07 Å². The fourth-order valence-corrected chi connectivity index (χ4v) is 0.983. The van der Waals surface area contributed by atoms with Gasteiger partial charge in [-0.1, -0.05) is 0 Å². The first-order chi connectivity index (χ1) is 5.66. The molecule has 5 heteroatoms. The molecule has 0 aromatic rings. The number of rotatable bonds is 5. The van der Waals surface area contributed by atoms with Crippen LogP contribution in [0.1, 0.15) is 6.92 Å². The van der Waals surface area contributed by atoms with Crippen molar-refractivity contribution >= 4 is 17.7 Å². The summed E-state index contributed by atoms with van der Waals surface area (Å²) in [6.45, 7) is 1.87. The Morgan fingerprint density at radius 3 is 3.00 bits per heavy atom. The predicted octanol–water partition coefficient (Wildman–Crippen LogP) is -0.260. The van der Waals surface area contributed by atoms with Crippen molar-refractivity contribution in [3.05, 3.63) is 0 Å². The first kappa shape index (κ1) is 11.3. The zero-order valence-corrected chi connectivity index (χ0v) is 7.73. The third-order valence-electron chi connectivity index (χ3n) is 0.994. The molecule has 4 nitrogen and oxygen atoms in total. The van der Waals surface area contributed by atoms with Gasteiger partial charge in [0, 0.05) is 6.54 Å². The Kier molecular flexibility index (Phi) is 6.53. The number of aliphatic hydroxyl groups is 1. The number of carbonyl (C=O) groups excluding carboxylic acids is 1. The van der Waals surface area contributed by atoms with Crippen molar-refractivity contribution in [2.75, 3.05) is 18.1 Å². The molecule has 0 fully saturated rings. The molecule has 2 N–H and O–H groups in total. The second kappa shape index (κ2) is 6.95. The molecule has 1 atom stereocenters. The lowest BCUT2D eigenvalue weighted by molar-refractivity contribution is -0.118. The van der Waals surface area contributed by atoms with E-state index in [2.05, 4.69) is 5.32 Å². The summed E-state index contributed by atoms with van der Waals surface area (Å²) >= 11 is 1.26. The molecular weight excluding hydrogens is 176 g/mol. The van der Waals surface area contributed by atoms with E-state index >= 15 is 0 Å². The van der Waals surface area contributed by atoms with Gasteiger partial charge < -0.3 is 10.4 Å². The van der Waals surface area contributed by atoms with Crippen molar-refractivity contribution in [3.8, 4) is 6.07 Å². The van der Waals surface area contributed by atoms with Gasteiger partial charge in [-0.25, -0.2) is 0 Å².